The summed E-state index contributed by atoms with van der Waals surface area (Å²) in [5.74, 6) is 0.239. The summed E-state index contributed by atoms with van der Waals surface area (Å²) >= 11 is 0. The number of aromatic nitrogens is 1. The normalized spacial score (nSPS) is 15.2. The van der Waals surface area contributed by atoms with E-state index in [-0.39, 0.29) is 29.9 Å². The quantitative estimate of drug-likeness (QED) is 0.754. The van der Waals surface area contributed by atoms with Crippen LogP contribution in [0.2, 0.25) is 0 Å². The molecule has 1 aromatic carbocycles. The van der Waals surface area contributed by atoms with E-state index in [1.807, 2.05) is 6.07 Å². The number of hydrogen-bond donors (Lipinski definition) is 0. The van der Waals surface area contributed by atoms with E-state index in [1.54, 1.807) is 12.1 Å². The Kier molecular flexibility index (Phi) is 4.53. The lowest BCUT2D eigenvalue weighted by atomic mass is 10.2. The van der Waals surface area contributed by atoms with Crippen LogP contribution in [0, 0.1) is 11.3 Å². The van der Waals surface area contributed by atoms with Crippen LogP contribution in [0.15, 0.2) is 47.5 Å². The Morgan fingerprint density at radius 3 is 2.44 bits per heavy atom. The van der Waals surface area contributed by atoms with Crippen molar-refractivity contribution in [3.63, 3.8) is 0 Å². The van der Waals surface area contributed by atoms with Crippen molar-refractivity contribution in [1.29, 1.82) is 5.26 Å². The monoisotopic (exact) mass is 357 g/mol. The third-order valence-corrected chi connectivity index (χ3v) is 5.71. The predicted octanol–water partition coefficient (Wildman–Crippen LogP) is 1.61. The smallest absolute Gasteiger partial charge is 0.243 e. The molecular formula is C17H15N3O4S. The zero-order valence-corrected chi connectivity index (χ0v) is 14.2. The third kappa shape index (κ3) is 3.52. The average molecular weight is 357 g/mol. The second kappa shape index (κ2) is 6.63. The maximum atomic E-state index is 12.5. The fraction of sp³-hybridized carbons (Fsp3) is 0.235. The van der Waals surface area contributed by atoms with Gasteiger partial charge in [-0.05, 0) is 25.1 Å². The van der Waals surface area contributed by atoms with Gasteiger partial charge >= 0.3 is 0 Å². The van der Waals surface area contributed by atoms with Crippen LogP contribution in [0.25, 0.3) is 0 Å². The molecule has 1 aliphatic heterocycles. The first-order valence-electron chi connectivity index (χ1n) is 7.54. The van der Waals surface area contributed by atoms with Crippen molar-refractivity contribution in [3.8, 4) is 11.9 Å². The molecule has 3 rings (SSSR count). The second-order valence-corrected chi connectivity index (χ2v) is 7.58. The summed E-state index contributed by atoms with van der Waals surface area (Å²) in [5.41, 5.74) is 0.898. The molecule has 0 bridgehead atoms. The first kappa shape index (κ1) is 17.1. The van der Waals surface area contributed by atoms with E-state index in [0.29, 0.717) is 17.0 Å². The van der Waals surface area contributed by atoms with Crippen LogP contribution >= 0.6 is 0 Å². The highest BCUT2D eigenvalue weighted by Gasteiger charge is 2.38. The van der Waals surface area contributed by atoms with Crippen LogP contribution < -0.4 is 4.74 Å². The fourth-order valence-electron chi connectivity index (χ4n) is 2.37. The number of sulfonamides is 1. The number of hydrogen-bond acceptors (Lipinski definition) is 6. The highest BCUT2D eigenvalue weighted by atomic mass is 32.2. The first-order valence-corrected chi connectivity index (χ1v) is 8.98. The molecule has 7 nitrogen and oxygen atoms in total. The SMILES string of the molecule is CC(=O)c1ccc(S(=O)(=O)N2CC(Oc3ccc(C#N)cn3)C2)cc1. The molecule has 0 radical (unpaired) electrons. The molecule has 25 heavy (non-hydrogen) atoms. The Balaban J connectivity index is 1.62. The standard InChI is InChI=1S/C17H15N3O4S/c1-12(21)14-3-5-16(6-4-14)25(22,23)20-10-15(11-20)24-17-7-2-13(8-18)9-19-17/h2-7,9,15H,10-11H2,1H3. The van der Waals surface area contributed by atoms with Gasteiger partial charge in [0.1, 0.15) is 12.2 Å². The molecule has 8 heteroatoms. The van der Waals surface area contributed by atoms with Crippen molar-refractivity contribution in [2.75, 3.05) is 13.1 Å². The van der Waals surface area contributed by atoms with Crippen LogP contribution in [0.3, 0.4) is 0 Å². The van der Waals surface area contributed by atoms with E-state index in [1.165, 1.54) is 41.7 Å². The molecule has 0 saturated carbocycles. The number of nitriles is 1. The highest BCUT2D eigenvalue weighted by molar-refractivity contribution is 7.89. The second-order valence-electron chi connectivity index (χ2n) is 5.64. The Morgan fingerprint density at radius 2 is 1.92 bits per heavy atom. The molecule has 0 amide bonds. The van der Waals surface area contributed by atoms with Gasteiger partial charge in [-0.2, -0.15) is 9.57 Å². The minimum atomic E-state index is -3.60. The molecule has 128 valence electrons. The van der Waals surface area contributed by atoms with Crippen molar-refractivity contribution in [3.05, 3.63) is 53.7 Å². The molecule has 0 spiro atoms. The molecule has 2 heterocycles. The van der Waals surface area contributed by atoms with Gasteiger partial charge in [0.05, 0.1) is 23.5 Å². The molecule has 0 aliphatic carbocycles. The molecule has 2 aromatic rings. The Morgan fingerprint density at radius 1 is 1.24 bits per heavy atom. The molecule has 0 atom stereocenters. The molecule has 1 saturated heterocycles. The Labute approximate surface area is 145 Å². The van der Waals surface area contributed by atoms with E-state index in [2.05, 4.69) is 4.98 Å². The number of carbonyl (C=O) groups excluding carboxylic acids is 1. The first-order chi connectivity index (χ1) is 11.9. The summed E-state index contributed by atoms with van der Waals surface area (Å²) in [4.78, 5) is 15.4. The maximum Gasteiger partial charge on any atom is 0.243 e. The van der Waals surface area contributed by atoms with Gasteiger partial charge in [0, 0.05) is 17.8 Å². The number of nitrogens with zero attached hydrogens (tertiary/aromatic N) is 3. The highest BCUT2D eigenvalue weighted by Crippen LogP contribution is 2.24. The topological polar surface area (TPSA) is 100 Å². The number of ether oxygens (including phenoxy) is 1. The molecule has 1 aromatic heterocycles. The number of benzene rings is 1. The number of ketones is 1. The molecule has 1 aliphatic rings. The van der Waals surface area contributed by atoms with Gasteiger partial charge in [0.2, 0.25) is 15.9 Å². The predicted molar refractivity (Wildman–Crippen MR) is 88.6 cm³/mol. The largest absolute Gasteiger partial charge is 0.472 e. The lowest BCUT2D eigenvalue weighted by Gasteiger charge is -2.37. The Bertz CT molecular complexity index is 925. The fourth-order valence-corrected chi connectivity index (χ4v) is 3.87. The van der Waals surface area contributed by atoms with Crippen LogP contribution in [0.5, 0.6) is 5.88 Å². The maximum absolute atomic E-state index is 12.5. The van der Waals surface area contributed by atoms with Gasteiger partial charge in [0.15, 0.2) is 5.78 Å². The summed E-state index contributed by atoms with van der Waals surface area (Å²) < 4.78 is 31.9. The lowest BCUT2D eigenvalue weighted by Crippen LogP contribution is -2.56. The van der Waals surface area contributed by atoms with Crippen molar-refractivity contribution in [1.82, 2.24) is 9.29 Å². The van der Waals surface area contributed by atoms with Crippen LogP contribution in [-0.4, -0.2) is 42.7 Å². The zero-order chi connectivity index (χ0) is 18.0. The van der Waals surface area contributed by atoms with E-state index in [0.717, 1.165) is 0 Å². The third-order valence-electron chi connectivity index (χ3n) is 3.87. The summed E-state index contributed by atoms with van der Waals surface area (Å²) in [5, 5.41) is 8.72. The van der Waals surface area contributed by atoms with E-state index < -0.39 is 10.0 Å². The van der Waals surface area contributed by atoms with Gasteiger partial charge in [-0.1, -0.05) is 12.1 Å². The van der Waals surface area contributed by atoms with E-state index in [9.17, 15) is 13.2 Å². The summed E-state index contributed by atoms with van der Waals surface area (Å²) in [6.45, 7) is 1.87. The van der Waals surface area contributed by atoms with Crippen LogP contribution in [-0.2, 0) is 10.0 Å². The summed E-state index contributed by atoms with van der Waals surface area (Å²) in [7, 11) is -3.60. The minimum Gasteiger partial charge on any atom is -0.472 e. The van der Waals surface area contributed by atoms with Gasteiger partial charge in [-0.15, -0.1) is 0 Å². The van der Waals surface area contributed by atoms with Gasteiger partial charge in [-0.25, -0.2) is 13.4 Å². The molecule has 1 fully saturated rings. The molecular weight excluding hydrogens is 342 g/mol. The molecule has 0 N–H and O–H groups in total. The van der Waals surface area contributed by atoms with Crippen molar-refractivity contribution in [2.24, 2.45) is 0 Å². The number of rotatable bonds is 5. The van der Waals surface area contributed by atoms with Gasteiger partial charge in [-0.3, -0.25) is 4.79 Å². The van der Waals surface area contributed by atoms with Gasteiger partial charge in [0.25, 0.3) is 0 Å². The Hall–Kier alpha value is -2.76. The average Bonchev–Trinajstić information content (AvgIpc) is 2.58. The van der Waals surface area contributed by atoms with Crippen LogP contribution in [0.4, 0.5) is 0 Å². The van der Waals surface area contributed by atoms with Crippen molar-refractivity contribution in [2.45, 2.75) is 17.9 Å². The summed E-state index contributed by atoms with van der Waals surface area (Å²) in [6, 6.07) is 11.0. The number of pyridine rings is 1. The van der Waals surface area contributed by atoms with E-state index in [4.69, 9.17) is 10.00 Å². The van der Waals surface area contributed by atoms with Crippen LogP contribution in [0.1, 0.15) is 22.8 Å². The molecule has 0 unspecified atom stereocenters. The lowest BCUT2D eigenvalue weighted by molar-refractivity contribution is 0.0721. The zero-order valence-electron chi connectivity index (χ0n) is 13.4. The van der Waals surface area contributed by atoms with Gasteiger partial charge < -0.3 is 4.74 Å². The number of carbonyl (C=O) groups is 1. The summed E-state index contributed by atoms with van der Waals surface area (Å²) in [6.07, 6.45) is 1.12. The number of Topliss-reactive ketones (excluding diaryl/α,β-unsaturated/α-hetero) is 1. The van der Waals surface area contributed by atoms with Crippen molar-refractivity contribution < 1.29 is 17.9 Å². The minimum absolute atomic E-state index is 0.115. The van der Waals surface area contributed by atoms with E-state index >= 15 is 0 Å². The van der Waals surface area contributed by atoms with Crippen molar-refractivity contribution >= 4 is 15.8 Å².